The van der Waals surface area contributed by atoms with Gasteiger partial charge in [0, 0.05) is 30.1 Å². The molecule has 0 unspecified atom stereocenters. The van der Waals surface area contributed by atoms with Crippen LogP contribution in [-0.2, 0) is 32.6 Å². The van der Waals surface area contributed by atoms with Crippen LogP contribution in [0.15, 0.2) is 95.9 Å². The van der Waals surface area contributed by atoms with Crippen molar-refractivity contribution in [1.29, 1.82) is 0 Å². The SMILES string of the molecule is CNC(=O)[C@@H](Cc1ccccc1)N(Cc1ccc(Cl)cc1Cl)C(=O)CN(c1cccc(Cl)c1Cl)S(=O)(=O)c1ccc(C)cc1. The van der Waals surface area contributed by atoms with Gasteiger partial charge in [0.05, 0.1) is 20.6 Å². The maximum Gasteiger partial charge on any atom is 0.264 e. The summed E-state index contributed by atoms with van der Waals surface area (Å²) in [4.78, 5) is 29.0. The number of carbonyl (C=O) groups is 2. The fourth-order valence-corrected chi connectivity index (χ4v) is 6.93. The van der Waals surface area contributed by atoms with E-state index in [1.165, 1.54) is 42.3 Å². The normalized spacial score (nSPS) is 12.0. The largest absolute Gasteiger partial charge is 0.357 e. The highest BCUT2D eigenvalue weighted by atomic mass is 35.5. The van der Waals surface area contributed by atoms with Crippen molar-refractivity contribution in [2.75, 3.05) is 17.9 Å². The predicted octanol–water partition coefficient (Wildman–Crippen LogP) is 7.19. The van der Waals surface area contributed by atoms with Gasteiger partial charge in [-0.2, -0.15) is 0 Å². The lowest BCUT2D eigenvalue weighted by atomic mass is 10.0. The van der Waals surface area contributed by atoms with Crippen LogP contribution in [0.1, 0.15) is 16.7 Å². The van der Waals surface area contributed by atoms with Gasteiger partial charge in [-0.25, -0.2) is 8.42 Å². The van der Waals surface area contributed by atoms with Crippen LogP contribution in [0.5, 0.6) is 0 Å². The molecular weight excluding hydrogens is 664 g/mol. The topological polar surface area (TPSA) is 86.8 Å². The third-order valence-electron chi connectivity index (χ3n) is 6.96. The average Bonchev–Trinajstić information content (AvgIpc) is 3.00. The molecule has 4 rings (SSSR count). The Kier molecular flexibility index (Phi) is 11.2. The predicted molar refractivity (Wildman–Crippen MR) is 177 cm³/mol. The van der Waals surface area contributed by atoms with E-state index in [2.05, 4.69) is 5.32 Å². The minimum absolute atomic E-state index is 0.0112. The van der Waals surface area contributed by atoms with E-state index >= 15 is 0 Å². The highest BCUT2D eigenvalue weighted by Gasteiger charge is 2.35. The van der Waals surface area contributed by atoms with Crippen molar-refractivity contribution in [3.63, 3.8) is 0 Å². The molecular formula is C32H29Cl4N3O4S. The minimum Gasteiger partial charge on any atom is -0.357 e. The Morgan fingerprint density at radius 1 is 0.841 bits per heavy atom. The lowest BCUT2D eigenvalue weighted by molar-refractivity contribution is -0.139. The Morgan fingerprint density at radius 2 is 1.52 bits per heavy atom. The monoisotopic (exact) mass is 691 g/mol. The molecule has 1 atom stereocenters. The van der Waals surface area contributed by atoms with Crippen LogP contribution in [0, 0.1) is 6.92 Å². The molecule has 0 radical (unpaired) electrons. The number of nitrogens with zero attached hydrogens (tertiary/aromatic N) is 2. The van der Waals surface area contributed by atoms with Gasteiger partial charge in [-0.3, -0.25) is 13.9 Å². The third kappa shape index (κ3) is 7.86. The van der Waals surface area contributed by atoms with Crippen LogP contribution in [-0.4, -0.2) is 44.8 Å². The van der Waals surface area contributed by atoms with Gasteiger partial charge in [0.25, 0.3) is 10.0 Å². The third-order valence-corrected chi connectivity index (χ3v) is 10.1. The summed E-state index contributed by atoms with van der Waals surface area (Å²) < 4.78 is 29.1. The Hall–Kier alpha value is -3.27. The van der Waals surface area contributed by atoms with E-state index in [0.717, 1.165) is 15.4 Å². The van der Waals surface area contributed by atoms with Crippen molar-refractivity contribution in [3.8, 4) is 0 Å². The molecule has 230 valence electrons. The molecule has 2 amide bonds. The molecule has 7 nitrogen and oxygen atoms in total. The summed E-state index contributed by atoms with van der Waals surface area (Å²) in [7, 11) is -2.87. The number of halogens is 4. The van der Waals surface area contributed by atoms with Crippen molar-refractivity contribution in [1.82, 2.24) is 10.2 Å². The van der Waals surface area contributed by atoms with Crippen LogP contribution in [0.2, 0.25) is 20.1 Å². The molecule has 0 saturated heterocycles. The van der Waals surface area contributed by atoms with Crippen molar-refractivity contribution < 1.29 is 18.0 Å². The van der Waals surface area contributed by atoms with E-state index in [0.29, 0.717) is 10.6 Å². The van der Waals surface area contributed by atoms with E-state index in [-0.39, 0.29) is 38.6 Å². The molecule has 0 spiro atoms. The zero-order valence-electron chi connectivity index (χ0n) is 23.8. The van der Waals surface area contributed by atoms with Crippen LogP contribution in [0.25, 0.3) is 0 Å². The second-order valence-electron chi connectivity index (χ2n) is 9.97. The van der Waals surface area contributed by atoms with Gasteiger partial charge in [0.1, 0.15) is 12.6 Å². The van der Waals surface area contributed by atoms with Crippen molar-refractivity contribution in [2.45, 2.75) is 30.8 Å². The fraction of sp³-hybridized carbons (Fsp3) is 0.188. The molecule has 0 aliphatic carbocycles. The minimum atomic E-state index is -4.34. The smallest absolute Gasteiger partial charge is 0.264 e. The number of amides is 2. The summed E-state index contributed by atoms with van der Waals surface area (Å²) in [5.41, 5.74) is 2.17. The number of hydrogen-bond donors (Lipinski definition) is 1. The first-order chi connectivity index (χ1) is 20.9. The van der Waals surface area contributed by atoms with E-state index in [9.17, 15) is 18.0 Å². The molecule has 0 heterocycles. The van der Waals surface area contributed by atoms with E-state index in [1.807, 2.05) is 37.3 Å². The molecule has 1 N–H and O–H groups in total. The Balaban J connectivity index is 1.84. The molecule has 0 saturated carbocycles. The molecule has 4 aromatic rings. The van der Waals surface area contributed by atoms with Crippen molar-refractivity contribution in [3.05, 3.63) is 128 Å². The number of anilines is 1. The summed E-state index contributed by atoms with van der Waals surface area (Å²) in [6.07, 6.45) is 0.153. The van der Waals surface area contributed by atoms with Gasteiger partial charge >= 0.3 is 0 Å². The summed E-state index contributed by atoms with van der Waals surface area (Å²) in [6, 6.07) is 23.7. The lowest BCUT2D eigenvalue weighted by Crippen LogP contribution is -2.53. The first-order valence-electron chi connectivity index (χ1n) is 13.4. The summed E-state index contributed by atoms with van der Waals surface area (Å²) in [5.74, 6) is -1.12. The Labute approximate surface area is 277 Å². The van der Waals surface area contributed by atoms with E-state index < -0.39 is 34.4 Å². The van der Waals surface area contributed by atoms with Gasteiger partial charge in [-0.05, 0) is 54.4 Å². The van der Waals surface area contributed by atoms with Gasteiger partial charge in [-0.15, -0.1) is 0 Å². The van der Waals surface area contributed by atoms with Crippen LogP contribution < -0.4 is 9.62 Å². The lowest BCUT2D eigenvalue weighted by Gasteiger charge is -2.34. The van der Waals surface area contributed by atoms with Crippen molar-refractivity contribution in [2.24, 2.45) is 0 Å². The van der Waals surface area contributed by atoms with E-state index in [4.69, 9.17) is 46.4 Å². The van der Waals surface area contributed by atoms with E-state index in [1.54, 1.807) is 30.3 Å². The Bertz CT molecular complexity index is 1750. The number of hydrogen-bond acceptors (Lipinski definition) is 4. The van der Waals surface area contributed by atoms with Gasteiger partial charge < -0.3 is 10.2 Å². The average molecular weight is 693 g/mol. The molecule has 12 heteroatoms. The number of benzene rings is 4. The fourth-order valence-electron chi connectivity index (χ4n) is 4.59. The zero-order valence-corrected chi connectivity index (χ0v) is 27.6. The van der Waals surface area contributed by atoms with Crippen LogP contribution in [0.4, 0.5) is 5.69 Å². The number of rotatable bonds is 11. The highest BCUT2D eigenvalue weighted by molar-refractivity contribution is 7.92. The molecule has 0 aliphatic heterocycles. The quantitative estimate of drug-likeness (QED) is 0.180. The maximum absolute atomic E-state index is 14.4. The first kappa shape index (κ1) is 33.6. The number of nitrogens with one attached hydrogen (secondary N) is 1. The molecule has 4 aromatic carbocycles. The highest BCUT2D eigenvalue weighted by Crippen LogP contribution is 2.36. The van der Waals surface area contributed by atoms with Crippen LogP contribution in [0.3, 0.4) is 0 Å². The number of aryl methyl sites for hydroxylation is 1. The molecule has 0 aromatic heterocycles. The van der Waals surface area contributed by atoms with Gasteiger partial charge in [-0.1, -0.05) is 107 Å². The second kappa shape index (κ2) is 14.7. The number of sulfonamides is 1. The molecule has 0 bridgehead atoms. The van der Waals surface area contributed by atoms with Gasteiger partial charge in [0.15, 0.2) is 0 Å². The molecule has 0 fully saturated rings. The Morgan fingerprint density at radius 3 is 2.16 bits per heavy atom. The summed E-state index contributed by atoms with van der Waals surface area (Å²) in [5, 5.41) is 3.38. The maximum atomic E-state index is 14.4. The summed E-state index contributed by atoms with van der Waals surface area (Å²) in [6.45, 7) is 1.03. The van der Waals surface area contributed by atoms with Crippen LogP contribution >= 0.6 is 46.4 Å². The zero-order chi connectivity index (χ0) is 32.0. The summed E-state index contributed by atoms with van der Waals surface area (Å²) >= 11 is 25.4. The van der Waals surface area contributed by atoms with Crippen molar-refractivity contribution >= 4 is 73.9 Å². The second-order valence-corrected chi connectivity index (χ2v) is 13.5. The number of likely N-dealkylation sites (N-methyl/N-ethyl adjacent to an activating group) is 1. The number of carbonyl (C=O) groups excluding carboxylic acids is 2. The standard InChI is InChI=1S/C32H29Cl4N3O4S/c1-21-11-15-25(16-12-21)44(42,43)39(28-10-6-9-26(34)31(28)36)20-30(40)38(19-23-13-14-24(33)18-27(23)35)29(32(41)37-2)17-22-7-4-3-5-8-22/h3-16,18,29H,17,19-20H2,1-2H3,(H,37,41)/t29-/m1/s1. The van der Waals surface area contributed by atoms with Gasteiger partial charge in [0.2, 0.25) is 11.8 Å². The molecule has 44 heavy (non-hydrogen) atoms. The first-order valence-corrected chi connectivity index (χ1v) is 16.4. The molecule has 0 aliphatic rings.